The molecule has 0 amide bonds. The normalized spacial score (nSPS) is 12.4. The predicted molar refractivity (Wildman–Crippen MR) is 122 cm³/mol. The zero-order valence-corrected chi connectivity index (χ0v) is 19.3. The Morgan fingerprint density at radius 1 is 1.07 bits per heavy atom. The maximum Gasteiger partial charge on any atom is 0.191 e. The number of benzene rings is 1. The highest BCUT2D eigenvalue weighted by molar-refractivity contribution is 14.0. The van der Waals surface area contributed by atoms with E-state index in [0.29, 0.717) is 37.3 Å². The summed E-state index contributed by atoms with van der Waals surface area (Å²) in [5.74, 6) is 0.656. The number of nitrogens with one attached hydrogen (secondary N) is 2. The first-order valence-corrected chi connectivity index (χ1v) is 9.66. The lowest BCUT2D eigenvalue weighted by Crippen LogP contribution is -2.39. The molecule has 27 heavy (non-hydrogen) atoms. The summed E-state index contributed by atoms with van der Waals surface area (Å²) in [6, 6.07) is 7.13. The van der Waals surface area contributed by atoms with Crippen LogP contribution in [0, 0.1) is 0 Å². The van der Waals surface area contributed by atoms with Gasteiger partial charge < -0.3 is 25.2 Å². The van der Waals surface area contributed by atoms with Gasteiger partial charge in [-0.15, -0.1) is 24.0 Å². The van der Waals surface area contributed by atoms with Crippen LogP contribution in [0.1, 0.15) is 38.4 Å². The molecule has 0 aromatic heterocycles. The summed E-state index contributed by atoms with van der Waals surface area (Å²) in [5.41, 5.74) is 0.792. The molecular weight excluding hydrogens is 481 g/mol. The summed E-state index contributed by atoms with van der Waals surface area (Å²) < 4.78 is 11.0. The van der Waals surface area contributed by atoms with Crippen LogP contribution in [-0.4, -0.2) is 57.1 Å². The molecule has 0 spiro atoms. The molecule has 1 aromatic carbocycles. The number of unbranched alkanes of at least 4 members (excludes halogenated alkanes) is 1. The van der Waals surface area contributed by atoms with Crippen LogP contribution in [0.3, 0.4) is 0 Å². The Labute approximate surface area is 185 Å². The van der Waals surface area contributed by atoms with Crippen LogP contribution in [0.2, 0.25) is 5.02 Å². The Morgan fingerprint density at radius 3 is 2.37 bits per heavy atom. The fourth-order valence-electron chi connectivity index (χ4n) is 2.12. The molecule has 0 heterocycles. The molecule has 1 aromatic rings. The molecular formula is C19H33ClIN3O3. The number of aliphatic hydroxyl groups is 1. The molecule has 6 nitrogen and oxygen atoms in total. The maximum atomic E-state index is 10.2. The van der Waals surface area contributed by atoms with Gasteiger partial charge in [-0.05, 0) is 31.0 Å². The minimum atomic E-state index is -0.667. The van der Waals surface area contributed by atoms with Gasteiger partial charge in [0.15, 0.2) is 5.96 Å². The van der Waals surface area contributed by atoms with Crippen LogP contribution >= 0.6 is 35.6 Å². The van der Waals surface area contributed by atoms with E-state index in [4.69, 9.17) is 21.1 Å². The average Bonchev–Trinajstić information content (AvgIpc) is 2.65. The summed E-state index contributed by atoms with van der Waals surface area (Å²) in [4.78, 5) is 4.41. The topological polar surface area (TPSA) is 75.1 Å². The number of aliphatic imine (C=N–C) groups is 1. The predicted octanol–water partition coefficient (Wildman–Crippen LogP) is 3.38. The van der Waals surface area contributed by atoms with Crippen molar-refractivity contribution in [1.29, 1.82) is 0 Å². The summed E-state index contributed by atoms with van der Waals surface area (Å²) in [6.45, 7) is 8.37. The average molecular weight is 514 g/mol. The standard InChI is InChI=1S/C19H32ClN3O3.HI/c1-3-5-11-25-13-14-26-12-10-22-19(21-4-2)23-15-18(24)16-6-8-17(20)9-7-16;/h6-9,18,24H,3-5,10-15H2,1-2H3,(H2,21,22,23);1H. The molecule has 1 rings (SSSR count). The molecule has 3 N–H and O–H groups in total. The van der Waals surface area contributed by atoms with E-state index in [1.54, 1.807) is 24.3 Å². The van der Waals surface area contributed by atoms with E-state index < -0.39 is 6.10 Å². The van der Waals surface area contributed by atoms with Gasteiger partial charge in [-0.25, -0.2) is 0 Å². The van der Waals surface area contributed by atoms with E-state index in [1.807, 2.05) is 6.92 Å². The van der Waals surface area contributed by atoms with Gasteiger partial charge in [-0.2, -0.15) is 0 Å². The van der Waals surface area contributed by atoms with Crippen LogP contribution in [0.25, 0.3) is 0 Å². The van der Waals surface area contributed by atoms with Gasteiger partial charge >= 0.3 is 0 Å². The summed E-state index contributed by atoms with van der Waals surface area (Å²) in [7, 11) is 0. The molecule has 0 saturated heterocycles. The molecule has 0 aliphatic heterocycles. The van der Waals surface area contributed by atoms with Gasteiger partial charge in [0.1, 0.15) is 0 Å². The maximum absolute atomic E-state index is 10.2. The number of hydrogen-bond acceptors (Lipinski definition) is 4. The first kappa shape index (κ1) is 26.4. The molecule has 156 valence electrons. The highest BCUT2D eigenvalue weighted by Gasteiger charge is 2.07. The van der Waals surface area contributed by atoms with Crippen molar-refractivity contribution < 1.29 is 14.6 Å². The number of hydrogen-bond donors (Lipinski definition) is 3. The van der Waals surface area contributed by atoms with Gasteiger partial charge in [0.2, 0.25) is 0 Å². The number of guanidine groups is 1. The molecule has 0 aliphatic rings. The Kier molecular flexibility index (Phi) is 17.1. The monoisotopic (exact) mass is 513 g/mol. The number of rotatable bonds is 13. The first-order chi connectivity index (χ1) is 12.7. The van der Waals surface area contributed by atoms with Crippen molar-refractivity contribution in [3.63, 3.8) is 0 Å². The zero-order chi connectivity index (χ0) is 19.0. The first-order valence-electron chi connectivity index (χ1n) is 9.28. The fraction of sp³-hybridized carbons (Fsp3) is 0.632. The Morgan fingerprint density at radius 2 is 1.74 bits per heavy atom. The third-order valence-electron chi connectivity index (χ3n) is 3.57. The molecule has 0 bridgehead atoms. The molecule has 0 fully saturated rings. The van der Waals surface area contributed by atoms with E-state index >= 15 is 0 Å². The van der Waals surface area contributed by atoms with Crippen molar-refractivity contribution in [2.75, 3.05) is 46.1 Å². The van der Waals surface area contributed by atoms with Crippen molar-refractivity contribution >= 4 is 41.5 Å². The largest absolute Gasteiger partial charge is 0.386 e. The van der Waals surface area contributed by atoms with Gasteiger partial charge in [-0.1, -0.05) is 37.1 Å². The number of ether oxygens (including phenoxy) is 2. The lowest BCUT2D eigenvalue weighted by Gasteiger charge is -2.13. The minimum Gasteiger partial charge on any atom is -0.386 e. The van der Waals surface area contributed by atoms with Crippen molar-refractivity contribution in [3.05, 3.63) is 34.9 Å². The number of aliphatic hydroxyl groups excluding tert-OH is 1. The summed E-state index contributed by atoms with van der Waals surface area (Å²) in [5, 5.41) is 17.2. The second-order valence-corrected chi connectivity index (χ2v) is 6.23. The summed E-state index contributed by atoms with van der Waals surface area (Å²) >= 11 is 5.86. The van der Waals surface area contributed by atoms with Gasteiger partial charge in [0.05, 0.1) is 32.5 Å². The molecule has 1 atom stereocenters. The lowest BCUT2D eigenvalue weighted by atomic mass is 10.1. The smallest absolute Gasteiger partial charge is 0.191 e. The molecule has 0 radical (unpaired) electrons. The number of halogens is 2. The van der Waals surface area contributed by atoms with E-state index in [9.17, 15) is 5.11 Å². The second-order valence-electron chi connectivity index (χ2n) is 5.79. The van der Waals surface area contributed by atoms with E-state index in [1.165, 1.54) is 0 Å². The Balaban J connectivity index is 0.00000676. The van der Waals surface area contributed by atoms with Gasteiger partial charge in [-0.3, -0.25) is 4.99 Å². The van der Waals surface area contributed by atoms with Crippen molar-refractivity contribution in [2.45, 2.75) is 32.8 Å². The van der Waals surface area contributed by atoms with Gasteiger partial charge in [0, 0.05) is 24.7 Å². The van der Waals surface area contributed by atoms with Crippen LogP contribution in [-0.2, 0) is 9.47 Å². The lowest BCUT2D eigenvalue weighted by molar-refractivity contribution is 0.0487. The van der Waals surface area contributed by atoms with Crippen LogP contribution in [0.15, 0.2) is 29.3 Å². The van der Waals surface area contributed by atoms with Crippen molar-refractivity contribution in [2.24, 2.45) is 4.99 Å². The fourth-order valence-corrected chi connectivity index (χ4v) is 2.25. The summed E-state index contributed by atoms with van der Waals surface area (Å²) in [6.07, 6.45) is 1.56. The SMILES string of the molecule is CCCCOCCOCCNC(=NCC(O)c1ccc(Cl)cc1)NCC.I. The Hall–Kier alpha value is -0.610. The van der Waals surface area contributed by atoms with Crippen molar-refractivity contribution in [3.8, 4) is 0 Å². The molecule has 1 unspecified atom stereocenters. The number of nitrogens with zero attached hydrogens (tertiary/aromatic N) is 1. The van der Waals surface area contributed by atoms with E-state index in [0.717, 1.165) is 31.6 Å². The highest BCUT2D eigenvalue weighted by Crippen LogP contribution is 2.16. The van der Waals surface area contributed by atoms with Crippen LogP contribution in [0.5, 0.6) is 0 Å². The third-order valence-corrected chi connectivity index (χ3v) is 3.83. The minimum absolute atomic E-state index is 0. The van der Waals surface area contributed by atoms with Crippen LogP contribution < -0.4 is 10.6 Å². The molecule has 0 aliphatic carbocycles. The Bertz CT molecular complexity index is 503. The van der Waals surface area contributed by atoms with Crippen LogP contribution in [0.4, 0.5) is 0 Å². The quantitative estimate of drug-likeness (QED) is 0.163. The third kappa shape index (κ3) is 13.2. The highest BCUT2D eigenvalue weighted by atomic mass is 127. The molecule has 0 saturated carbocycles. The van der Waals surface area contributed by atoms with Gasteiger partial charge in [0.25, 0.3) is 0 Å². The molecule has 8 heteroatoms. The van der Waals surface area contributed by atoms with E-state index in [2.05, 4.69) is 22.5 Å². The zero-order valence-electron chi connectivity index (χ0n) is 16.2. The van der Waals surface area contributed by atoms with E-state index in [-0.39, 0.29) is 30.5 Å². The van der Waals surface area contributed by atoms with Crippen molar-refractivity contribution in [1.82, 2.24) is 10.6 Å². The second kappa shape index (κ2) is 17.5.